The fraction of sp³-hybridized carbons (Fsp3) is 0.292. The molecule has 2 amide bonds. The second-order valence-electron chi connectivity index (χ2n) is 7.89. The third-order valence-electron chi connectivity index (χ3n) is 5.81. The Bertz CT molecular complexity index is 1110. The standard InChI is InChI=1S/C24H23N3O3S/c28-22(16-7-6-8-16)26-24-25-19-13-14-27(15-21(19)31-24)23(29)18-11-4-5-12-20(18)30-17-9-2-1-3-10-17/h1-5,9-12,16H,6-8,13-15H2,(H,25,26,28). The number of amides is 2. The van der Waals surface area contributed by atoms with Crippen molar-refractivity contribution in [1.29, 1.82) is 0 Å². The molecule has 1 fully saturated rings. The van der Waals surface area contributed by atoms with Gasteiger partial charge in [-0.3, -0.25) is 9.59 Å². The molecule has 1 aliphatic heterocycles. The van der Waals surface area contributed by atoms with E-state index in [4.69, 9.17) is 4.74 Å². The van der Waals surface area contributed by atoms with Crippen LogP contribution in [0.5, 0.6) is 11.5 Å². The number of rotatable bonds is 5. The zero-order valence-electron chi connectivity index (χ0n) is 17.0. The molecular formula is C24H23N3O3S. The van der Waals surface area contributed by atoms with Gasteiger partial charge in [-0.15, -0.1) is 0 Å². The largest absolute Gasteiger partial charge is 0.457 e. The van der Waals surface area contributed by atoms with Crippen LogP contribution in [0.15, 0.2) is 54.6 Å². The molecular weight excluding hydrogens is 410 g/mol. The van der Waals surface area contributed by atoms with Crippen LogP contribution < -0.4 is 10.1 Å². The molecule has 0 saturated heterocycles. The summed E-state index contributed by atoms with van der Waals surface area (Å²) in [6.07, 6.45) is 3.73. The average molecular weight is 434 g/mol. The Balaban J connectivity index is 1.30. The van der Waals surface area contributed by atoms with Crippen molar-refractivity contribution in [3.63, 3.8) is 0 Å². The van der Waals surface area contributed by atoms with Gasteiger partial charge in [0.1, 0.15) is 11.5 Å². The summed E-state index contributed by atoms with van der Waals surface area (Å²) >= 11 is 1.47. The van der Waals surface area contributed by atoms with Gasteiger partial charge in [0.25, 0.3) is 5.91 Å². The fourth-order valence-corrected chi connectivity index (χ4v) is 4.85. The molecule has 5 rings (SSSR count). The number of anilines is 1. The molecule has 0 radical (unpaired) electrons. The number of fused-ring (bicyclic) bond motifs is 1. The normalized spacial score (nSPS) is 15.7. The topological polar surface area (TPSA) is 71.5 Å². The molecule has 1 aliphatic carbocycles. The summed E-state index contributed by atoms with van der Waals surface area (Å²) in [5.74, 6) is 1.36. The second-order valence-corrected chi connectivity index (χ2v) is 8.98. The van der Waals surface area contributed by atoms with E-state index in [1.165, 1.54) is 11.3 Å². The maximum Gasteiger partial charge on any atom is 0.257 e. The number of hydrogen-bond acceptors (Lipinski definition) is 5. The quantitative estimate of drug-likeness (QED) is 0.623. The van der Waals surface area contributed by atoms with Gasteiger partial charge in [-0.1, -0.05) is 48.1 Å². The van der Waals surface area contributed by atoms with Crippen LogP contribution in [0.25, 0.3) is 0 Å². The number of aromatic nitrogens is 1. The number of thiazole rings is 1. The number of benzene rings is 2. The third-order valence-corrected chi connectivity index (χ3v) is 6.81. The van der Waals surface area contributed by atoms with E-state index in [-0.39, 0.29) is 17.7 Å². The minimum Gasteiger partial charge on any atom is -0.457 e. The van der Waals surface area contributed by atoms with Gasteiger partial charge in [0.05, 0.1) is 17.8 Å². The van der Waals surface area contributed by atoms with E-state index in [1.807, 2.05) is 53.4 Å². The maximum absolute atomic E-state index is 13.3. The van der Waals surface area contributed by atoms with Crippen molar-refractivity contribution in [2.24, 2.45) is 5.92 Å². The smallest absolute Gasteiger partial charge is 0.257 e. The number of carbonyl (C=O) groups is 2. The molecule has 0 bridgehead atoms. The Morgan fingerprint density at radius 1 is 1.06 bits per heavy atom. The van der Waals surface area contributed by atoms with Crippen molar-refractivity contribution in [2.75, 3.05) is 11.9 Å². The Morgan fingerprint density at radius 2 is 1.84 bits per heavy atom. The molecule has 31 heavy (non-hydrogen) atoms. The van der Waals surface area contributed by atoms with E-state index in [9.17, 15) is 9.59 Å². The molecule has 3 aromatic rings. The van der Waals surface area contributed by atoms with Gasteiger partial charge in [0.15, 0.2) is 5.13 Å². The lowest BCUT2D eigenvalue weighted by molar-refractivity contribution is -0.122. The average Bonchev–Trinajstić information content (AvgIpc) is 3.14. The van der Waals surface area contributed by atoms with Crippen LogP contribution >= 0.6 is 11.3 Å². The monoisotopic (exact) mass is 433 g/mol. The molecule has 1 saturated carbocycles. The summed E-state index contributed by atoms with van der Waals surface area (Å²) in [7, 11) is 0. The van der Waals surface area contributed by atoms with E-state index < -0.39 is 0 Å². The van der Waals surface area contributed by atoms with Crippen molar-refractivity contribution in [3.05, 3.63) is 70.7 Å². The Hall–Kier alpha value is -3.19. The first-order chi connectivity index (χ1) is 15.2. The zero-order chi connectivity index (χ0) is 21.2. The predicted octanol–water partition coefficient (Wildman–Crippen LogP) is 4.87. The van der Waals surface area contributed by atoms with Crippen molar-refractivity contribution < 1.29 is 14.3 Å². The van der Waals surface area contributed by atoms with Gasteiger partial charge in [-0.25, -0.2) is 4.98 Å². The lowest BCUT2D eigenvalue weighted by atomic mass is 9.85. The van der Waals surface area contributed by atoms with Crippen molar-refractivity contribution in [1.82, 2.24) is 9.88 Å². The molecule has 2 aliphatic rings. The van der Waals surface area contributed by atoms with Gasteiger partial charge in [0, 0.05) is 23.8 Å². The van der Waals surface area contributed by atoms with Gasteiger partial charge in [-0.2, -0.15) is 0 Å². The van der Waals surface area contributed by atoms with E-state index in [1.54, 1.807) is 6.07 Å². The van der Waals surface area contributed by atoms with Gasteiger partial charge < -0.3 is 15.0 Å². The van der Waals surface area contributed by atoms with E-state index in [0.717, 1.165) is 29.8 Å². The number of ether oxygens (including phenoxy) is 1. The SMILES string of the molecule is O=C(Nc1nc2c(s1)CN(C(=O)c1ccccc1Oc1ccccc1)CC2)C1CCC1. The van der Waals surface area contributed by atoms with Crippen LogP contribution in [0, 0.1) is 5.92 Å². The molecule has 1 N–H and O–H groups in total. The summed E-state index contributed by atoms with van der Waals surface area (Å²) in [4.78, 5) is 33.0. The highest BCUT2D eigenvalue weighted by molar-refractivity contribution is 7.15. The fourth-order valence-electron chi connectivity index (χ4n) is 3.82. The first-order valence-corrected chi connectivity index (χ1v) is 11.4. The molecule has 7 heteroatoms. The van der Waals surface area contributed by atoms with Gasteiger partial charge in [-0.05, 0) is 37.1 Å². The minimum absolute atomic E-state index is 0.0642. The molecule has 0 spiro atoms. The van der Waals surface area contributed by atoms with E-state index in [2.05, 4.69) is 10.3 Å². The number of carbonyl (C=O) groups excluding carboxylic acids is 2. The number of para-hydroxylation sites is 2. The highest BCUT2D eigenvalue weighted by Gasteiger charge is 2.29. The number of nitrogens with zero attached hydrogens (tertiary/aromatic N) is 2. The predicted molar refractivity (Wildman–Crippen MR) is 119 cm³/mol. The molecule has 1 aromatic heterocycles. The third kappa shape index (κ3) is 4.18. The highest BCUT2D eigenvalue weighted by atomic mass is 32.1. The Labute approximate surface area is 184 Å². The summed E-state index contributed by atoms with van der Waals surface area (Å²) in [6, 6.07) is 16.8. The summed E-state index contributed by atoms with van der Waals surface area (Å²) in [6.45, 7) is 1.08. The minimum atomic E-state index is -0.0642. The second kappa shape index (κ2) is 8.51. The van der Waals surface area contributed by atoms with Crippen LogP contribution in [-0.4, -0.2) is 28.2 Å². The lowest BCUT2D eigenvalue weighted by Crippen LogP contribution is -2.35. The van der Waals surface area contributed by atoms with E-state index in [0.29, 0.717) is 41.7 Å². The molecule has 6 nitrogen and oxygen atoms in total. The summed E-state index contributed by atoms with van der Waals surface area (Å²) in [5, 5.41) is 3.60. The molecule has 2 heterocycles. The molecule has 0 atom stereocenters. The Kier molecular flexibility index (Phi) is 5.42. The van der Waals surface area contributed by atoms with Crippen LogP contribution in [0.4, 0.5) is 5.13 Å². The van der Waals surface area contributed by atoms with Crippen molar-refractivity contribution >= 4 is 28.3 Å². The molecule has 2 aromatic carbocycles. The zero-order valence-corrected chi connectivity index (χ0v) is 17.9. The van der Waals surface area contributed by atoms with Crippen molar-refractivity contribution in [3.8, 4) is 11.5 Å². The van der Waals surface area contributed by atoms with Crippen LogP contribution in [0.1, 0.15) is 40.2 Å². The number of nitrogens with one attached hydrogen (secondary N) is 1. The van der Waals surface area contributed by atoms with Crippen LogP contribution in [0.2, 0.25) is 0 Å². The molecule has 158 valence electrons. The van der Waals surface area contributed by atoms with Crippen molar-refractivity contribution in [2.45, 2.75) is 32.2 Å². The first kappa shape index (κ1) is 19.8. The van der Waals surface area contributed by atoms with E-state index >= 15 is 0 Å². The van der Waals surface area contributed by atoms with Gasteiger partial charge in [0.2, 0.25) is 5.91 Å². The summed E-state index contributed by atoms with van der Waals surface area (Å²) in [5.41, 5.74) is 1.52. The maximum atomic E-state index is 13.3. The summed E-state index contributed by atoms with van der Waals surface area (Å²) < 4.78 is 5.97. The highest BCUT2D eigenvalue weighted by Crippen LogP contribution is 2.33. The molecule has 0 unspecified atom stereocenters. The first-order valence-electron chi connectivity index (χ1n) is 10.6. The van der Waals surface area contributed by atoms with Gasteiger partial charge >= 0.3 is 0 Å². The Morgan fingerprint density at radius 3 is 2.61 bits per heavy atom. The number of hydrogen-bond donors (Lipinski definition) is 1. The van der Waals surface area contributed by atoms with Crippen LogP contribution in [0.3, 0.4) is 0 Å². The van der Waals surface area contributed by atoms with Crippen LogP contribution in [-0.2, 0) is 17.8 Å². The lowest BCUT2D eigenvalue weighted by Gasteiger charge is -2.26.